The summed E-state index contributed by atoms with van der Waals surface area (Å²) in [6.07, 6.45) is -4.25. The van der Waals surface area contributed by atoms with Crippen molar-refractivity contribution in [1.29, 1.82) is 0 Å². The fourth-order valence-electron chi connectivity index (χ4n) is 1.52. The van der Waals surface area contributed by atoms with Crippen LogP contribution in [0.1, 0.15) is 18.5 Å². The summed E-state index contributed by atoms with van der Waals surface area (Å²) in [5.74, 6) is -1.55. The Morgan fingerprint density at radius 3 is 2.53 bits per heavy atom. The Labute approximate surface area is 105 Å². The highest BCUT2D eigenvalue weighted by Crippen LogP contribution is 2.34. The van der Waals surface area contributed by atoms with Crippen molar-refractivity contribution in [2.24, 2.45) is 0 Å². The highest BCUT2D eigenvalue weighted by molar-refractivity contribution is 9.10. The van der Waals surface area contributed by atoms with Gasteiger partial charge in [-0.1, -0.05) is 22.0 Å². The molecule has 1 heterocycles. The molecule has 1 unspecified atom stereocenters. The van der Waals surface area contributed by atoms with E-state index in [1.54, 1.807) is 18.2 Å². The Kier molecular flexibility index (Phi) is 3.12. The van der Waals surface area contributed by atoms with Gasteiger partial charge in [-0.3, -0.25) is 4.98 Å². The topological polar surface area (TPSA) is 12.9 Å². The predicted molar refractivity (Wildman–Crippen MR) is 63.9 cm³/mol. The Morgan fingerprint density at radius 2 is 1.88 bits per heavy atom. The highest BCUT2D eigenvalue weighted by atomic mass is 79.9. The minimum absolute atomic E-state index is 0.0484. The van der Waals surface area contributed by atoms with Crippen molar-refractivity contribution in [3.8, 4) is 0 Å². The van der Waals surface area contributed by atoms with Gasteiger partial charge in [0.05, 0.1) is 17.1 Å². The number of hydrogen-bond donors (Lipinski definition) is 0. The summed E-state index contributed by atoms with van der Waals surface area (Å²) in [5.41, 5.74) is 0.620. The minimum Gasteiger partial charge on any atom is -0.252 e. The molecule has 0 bridgehead atoms. The van der Waals surface area contributed by atoms with E-state index >= 15 is 0 Å². The Balaban J connectivity index is 2.48. The van der Waals surface area contributed by atoms with E-state index in [2.05, 4.69) is 20.9 Å². The molecular formula is C12H9BrF3N. The van der Waals surface area contributed by atoms with Crippen LogP contribution in [0, 0.1) is 0 Å². The molecule has 1 atom stereocenters. The summed E-state index contributed by atoms with van der Waals surface area (Å²) in [7, 11) is 0. The number of fused-ring (bicyclic) bond motifs is 1. The van der Waals surface area contributed by atoms with E-state index in [0.717, 1.165) is 16.8 Å². The van der Waals surface area contributed by atoms with Gasteiger partial charge >= 0.3 is 6.18 Å². The number of hydrogen-bond acceptors (Lipinski definition) is 1. The van der Waals surface area contributed by atoms with Crippen molar-refractivity contribution in [2.45, 2.75) is 19.0 Å². The van der Waals surface area contributed by atoms with E-state index in [9.17, 15) is 13.2 Å². The SMILES string of the molecule is CC(c1ccc2cc(Br)ccc2n1)C(F)(F)F. The number of halogens is 4. The summed E-state index contributed by atoms with van der Waals surface area (Å²) in [5, 5.41) is 0.817. The predicted octanol–water partition coefficient (Wildman–Crippen LogP) is 4.66. The van der Waals surface area contributed by atoms with Crippen LogP contribution in [0.4, 0.5) is 13.2 Å². The lowest BCUT2D eigenvalue weighted by Gasteiger charge is -2.15. The molecule has 0 N–H and O–H groups in total. The smallest absolute Gasteiger partial charge is 0.252 e. The molecule has 0 amide bonds. The average Bonchev–Trinajstić information content (AvgIpc) is 2.26. The first-order valence-electron chi connectivity index (χ1n) is 5.01. The van der Waals surface area contributed by atoms with Crippen LogP contribution in [0.15, 0.2) is 34.8 Å². The summed E-state index contributed by atoms with van der Waals surface area (Å²) in [4.78, 5) is 4.04. The number of aromatic nitrogens is 1. The Morgan fingerprint density at radius 1 is 1.18 bits per heavy atom. The number of pyridine rings is 1. The van der Waals surface area contributed by atoms with Crippen molar-refractivity contribution in [3.05, 3.63) is 40.5 Å². The largest absolute Gasteiger partial charge is 0.396 e. The first-order valence-corrected chi connectivity index (χ1v) is 5.80. The van der Waals surface area contributed by atoms with Gasteiger partial charge in [0.2, 0.25) is 0 Å². The molecule has 17 heavy (non-hydrogen) atoms. The van der Waals surface area contributed by atoms with Gasteiger partial charge in [-0.2, -0.15) is 13.2 Å². The van der Waals surface area contributed by atoms with Gasteiger partial charge in [0.1, 0.15) is 0 Å². The fraction of sp³-hybridized carbons (Fsp3) is 0.250. The van der Waals surface area contributed by atoms with Crippen LogP contribution in [-0.2, 0) is 0 Å². The molecule has 2 aromatic rings. The normalized spacial score (nSPS) is 13.9. The van der Waals surface area contributed by atoms with Crippen LogP contribution in [0.5, 0.6) is 0 Å². The van der Waals surface area contributed by atoms with Gasteiger partial charge < -0.3 is 0 Å². The monoisotopic (exact) mass is 303 g/mol. The van der Waals surface area contributed by atoms with E-state index < -0.39 is 12.1 Å². The van der Waals surface area contributed by atoms with E-state index in [0.29, 0.717) is 5.52 Å². The zero-order chi connectivity index (χ0) is 12.6. The molecule has 1 nitrogen and oxygen atoms in total. The Bertz CT molecular complexity index is 551. The van der Waals surface area contributed by atoms with Gasteiger partial charge in [-0.15, -0.1) is 0 Å². The van der Waals surface area contributed by atoms with E-state index in [-0.39, 0.29) is 5.69 Å². The molecule has 0 spiro atoms. The maximum atomic E-state index is 12.6. The zero-order valence-electron chi connectivity index (χ0n) is 8.92. The quantitative estimate of drug-likeness (QED) is 0.746. The molecule has 2 rings (SSSR count). The van der Waals surface area contributed by atoms with E-state index in [1.807, 2.05) is 6.07 Å². The third-order valence-corrected chi connectivity index (χ3v) is 3.10. The fourth-order valence-corrected chi connectivity index (χ4v) is 1.90. The third kappa shape index (κ3) is 2.60. The summed E-state index contributed by atoms with van der Waals surface area (Å²) in [6.45, 7) is 1.12. The molecule has 1 aromatic heterocycles. The zero-order valence-corrected chi connectivity index (χ0v) is 10.5. The van der Waals surface area contributed by atoms with Crippen LogP contribution in [0.3, 0.4) is 0 Å². The molecule has 0 aliphatic rings. The second-order valence-electron chi connectivity index (χ2n) is 3.84. The summed E-state index contributed by atoms with van der Waals surface area (Å²) < 4.78 is 38.5. The lowest BCUT2D eigenvalue weighted by molar-refractivity contribution is -0.147. The first-order chi connectivity index (χ1) is 7.88. The Hall–Kier alpha value is -1.10. The van der Waals surface area contributed by atoms with Crippen molar-refractivity contribution in [3.63, 3.8) is 0 Å². The van der Waals surface area contributed by atoms with Crippen molar-refractivity contribution in [1.82, 2.24) is 4.98 Å². The second-order valence-corrected chi connectivity index (χ2v) is 4.75. The molecular weight excluding hydrogens is 295 g/mol. The molecule has 0 fully saturated rings. The average molecular weight is 304 g/mol. The van der Waals surface area contributed by atoms with Crippen LogP contribution in [0.2, 0.25) is 0 Å². The van der Waals surface area contributed by atoms with Crippen LogP contribution < -0.4 is 0 Å². The van der Waals surface area contributed by atoms with Gasteiger partial charge in [-0.25, -0.2) is 0 Å². The standard InChI is InChI=1S/C12H9BrF3N/c1-7(12(14,15)16)10-4-2-8-6-9(13)3-5-11(8)17-10/h2-7H,1H3. The number of nitrogens with zero attached hydrogens (tertiary/aromatic N) is 1. The van der Waals surface area contributed by atoms with Gasteiger partial charge in [0.25, 0.3) is 0 Å². The number of benzene rings is 1. The lowest BCUT2D eigenvalue weighted by Crippen LogP contribution is -2.18. The molecule has 90 valence electrons. The van der Waals surface area contributed by atoms with Crippen LogP contribution in [-0.4, -0.2) is 11.2 Å². The number of rotatable bonds is 1. The molecule has 0 radical (unpaired) electrons. The highest BCUT2D eigenvalue weighted by Gasteiger charge is 2.37. The second kappa shape index (κ2) is 4.29. The lowest BCUT2D eigenvalue weighted by atomic mass is 10.1. The van der Waals surface area contributed by atoms with Gasteiger partial charge in [0.15, 0.2) is 0 Å². The van der Waals surface area contributed by atoms with Gasteiger partial charge in [-0.05, 0) is 31.2 Å². The van der Waals surface area contributed by atoms with Crippen LogP contribution >= 0.6 is 15.9 Å². The summed E-state index contributed by atoms with van der Waals surface area (Å²) in [6, 6.07) is 8.37. The first kappa shape index (κ1) is 12.4. The molecule has 0 saturated heterocycles. The maximum Gasteiger partial charge on any atom is 0.396 e. The maximum absolute atomic E-state index is 12.6. The molecule has 0 aliphatic heterocycles. The molecule has 5 heteroatoms. The van der Waals surface area contributed by atoms with Gasteiger partial charge in [0, 0.05) is 9.86 Å². The summed E-state index contributed by atoms with van der Waals surface area (Å²) >= 11 is 3.30. The van der Waals surface area contributed by atoms with Crippen LogP contribution in [0.25, 0.3) is 10.9 Å². The van der Waals surface area contributed by atoms with Crippen molar-refractivity contribution < 1.29 is 13.2 Å². The third-order valence-electron chi connectivity index (χ3n) is 2.61. The molecule has 1 aromatic carbocycles. The van der Waals surface area contributed by atoms with E-state index in [4.69, 9.17) is 0 Å². The van der Waals surface area contributed by atoms with Crippen molar-refractivity contribution in [2.75, 3.05) is 0 Å². The molecule has 0 aliphatic carbocycles. The number of alkyl halides is 3. The minimum atomic E-state index is -4.25. The van der Waals surface area contributed by atoms with Crippen molar-refractivity contribution >= 4 is 26.8 Å². The van der Waals surface area contributed by atoms with E-state index in [1.165, 1.54) is 6.07 Å². The molecule has 0 saturated carbocycles.